The van der Waals surface area contributed by atoms with Crippen LogP contribution in [0.1, 0.15) is 19.9 Å². The number of anilines is 1. The zero-order chi connectivity index (χ0) is 11.5. The lowest BCUT2D eigenvalue weighted by Gasteiger charge is -2.29. The lowest BCUT2D eigenvalue weighted by Crippen LogP contribution is -2.44. The van der Waals surface area contributed by atoms with Crippen molar-refractivity contribution in [2.24, 2.45) is 11.7 Å². The van der Waals surface area contributed by atoms with Crippen LogP contribution in [0.4, 0.5) is 5.82 Å². The van der Waals surface area contributed by atoms with Crippen molar-refractivity contribution in [3.05, 3.63) is 12.3 Å². The molecule has 2 unspecified atom stereocenters. The molecule has 5 nitrogen and oxygen atoms in total. The SMILES string of the molecule is CC(N)C(C)CNc1ccnn1C1CNC1. The second-order valence-electron chi connectivity index (χ2n) is 4.69. The van der Waals surface area contributed by atoms with E-state index in [1.807, 2.05) is 19.2 Å². The van der Waals surface area contributed by atoms with Gasteiger partial charge in [-0.05, 0) is 12.8 Å². The van der Waals surface area contributed by atoms with Crippen molar-refractivity contribution in [1.82, 2.24) is 15.1 Å². The molecule has 1 aromatic rings. The van der Waals surface area contributed by atoms with E-state index in [1.54, 1.807) is 0 Å². The Morgan fingerprint density at radius 2 is 2.38 bits per heavy atom. The van der Waals surface area contributed by atoms with E-state index in [4.69, 9.17) is 5.73 Å². The van der Waals surface area contributed by atoms with Crippen molar-refractivity contribution in [2.75, 3.05) is 25.0 Å². The van der Waals surface area contributed by atoms with Crippen molar-refractivity contribution in [2.45, 2.75) is 25.9 Å². The molecule has 0 saturated carbocycles. The van der Waals surface area contributed by atoms with Crippen molar-refractivity contribution in [3.8, 4) is 0 Å². The van der Waals surface area contributed by atoms with E-state index in [1.165, 1.54) is 0 Å². The highest BCUT2D eigenvalue weighted by Crippen LogP contribution is 2.17. The van der Waals surface area contributed by atoms with Crippen molar-refractivity contribution >= 4 is 5.82 Å². The van der Waals surface area contributed by atoms with E-state index in [2.05, 4.69) is 27.3 Å². The van der Waals surface area contributed by atoms with Crippen LogP contribution in [0.15, 0.2) is 12.3 Å². The Balaban J connectivity index is 1.91. The van der Waals surface area contributed by atoms with E-state index < -0.39 is 0 Å². The van der Waals surface area contributed by atoms with Gasteiger partial charge in [0, 0.05) is 31.7 Å². The summed E-state index contributed by atoms with van der Waals surface area (Å²) >= 11 is 0. The van der Waals surface area contributed by atoms with Crippen LogP contribution in [0.3, 0.4) is 0 Å². The number of hydrogen-bond donors (Lipinski definition) is 3. The predicted molar refractivity (Wildman–Crippen MR) is 65.4 cm³/mol. The average molecular weight is 223 g/mol. The molecular weight excluding hydrogens is 202 g/mol. The van der Waals surface area contributed by atoms with E-state index in [0.717, 1.165) is 25.5 Å². The minimum atomic E-state index is 0.217. The summed E-state index contributed by atoms with van der Waals surface area (Å²) in [5.41, 5.74) is 5.84. The van der Waals surface area contributed by atoms with Crippen molar-refractivity contribution < 1.29 is 0 Å². The second-order valence-corrected chi connectivity index (χ2v) is 4.69. The standard InChI is InChI=1S/C11H21N5/c1-8(9(2)12)5-14-11-3-4-15-16(11)10-6-13-7-10/h3-4,8-10,13-14H,5-7,12H2,1-2H3. The second kappa shape index (κ2) is 4.84. The molecule has 16 heavy (non-hydrogen) atoms. The van der Waals surface area contributed by atoms with Gasteiger partial charge in [-0.1, -0.05) is 6.92 Å². The van der Waals surface area contributed by atoms with Gasteiger partial charge in [-0.3, -0.25) is 0 Å². The molecule has 0 aromatic carbocycles. The number of nitrogens with one attached hydrogen (secondary N) is 2. The fourth-order valence-corrected chi connectivity index (χ4v) is 1.64. The van der Waals surface area contributed by atoms with Crippen LogP contribution in [0.25, 0.3) is 0 Å². The molecule has 2 heterocycles. The Morgan fingerprint density at radius 1 is 1.62 bits per heavy atom. The van der Waals surface area contributed by atoms with Gasteiger partial charge < -0.3 is 16.4 Å². The highest BCUT2D eigenvalue weighted by molar-refractivity contribution is 5.34. The summed E-state index contributed by atoms with van der Waals surface area (Å²) in [5, 5.41) is 11.0. The molecule has 0 aliphatic carbocycles. The Bertz CT molecular complexity index is 329. The maximum absolute atomic E-state index is 5.84. The first kappa shape index (κ1) is 11.4. The fourth-order valence-electron chi connectivity index (χ4n) is 1.64. The minimum absolute atomic E-state index is 0.217. The van der Waals surface area contributed by atoms with Gasteiger partial charge in [0.25, 0.3) is 0 Å². The highest BCUT2D eigenvalue weighted by Gasteiger charge is 2.21. The summed E-state index contributed by atoms with van der Waals surface area (Å²) < 4.78 is 2.06. The number of hydrogen-bond acceptors (Lipinski definition) is 4. The number of nitrogens with two attached hydrogens (primary N) is 1. The molecule has 0 radical (unpaired) electrons. The fraction of sp³-hybridized carbons (Fsp3) is 0.727. The molecule has 4 N–H and O–H groups in total. The van der Waals surface area contributed by atoms with Crippen LogP contribution in [0, 0.1) is 5.92 Å². The lowest BCUT2D eigenvalue weighted by atomic mass is 10.1. The van der Waals surface area contributed by atoms with Crippen LogP contribution in [-0.4, -0.2) is 35.5 Å². The molecule has 0 amide bonds. The van der Waals surface area contributed by atoms with Crippen LogP contribution < -0.4 is 16.4 Å². The van der Waals surface area contributed by atoms with Gasteiger partial charge >= 0.3 is 0 Å². The van der Waals surface area contributed by atoms with Crippen LogP contribution >= 0.6 is 0 Å². The summed E-state index contributed by atoms with van der Waals surface area (Å²) in [6.45, 7) is 7.12. The zero-order valence-corrected chi connectivity index (χ0v) is 9.98. The third-order valence-electron chi connectivity index (χ3n) is 3.28. The molecule has 1 saturated heterocycles. The number of rotatable bonds is 5. The number of nitrogens with zero attached hydrogens (tertiary/aromatic N) is 2. The first-order valence-electron chi connectivity index (χ1n) is 5.92. The van der Waals surface area contributed by atoms with E-state index in [9.17, 15) is 0 Å². The molecule has 2 atom stereocenters. The van der Waals surface area contributed by atoms with Crippen molar-refractivity contribution in [1.29, 1.82) is 0 Å². The van der Waals surface area contributed by atoms with Crippen LogP contribution in [-0.2, 0) is 0 Å². The zero-order valence-electron chi connectivity index (χ0n) is 9.98. The van der Waals surface area contributed by atoms with Gasteiger partial charge in [0.05, 0.1) is 12.2 Å². The summed E-state index contributed by atoms with van der Waals surface area (Å²) in [7, 11) is 0. The molecule has 2 rings (SSSR count). The van der Waals surface area contributed by atoms with Crippen LogP contribution in [0.5, 0.6) is 0 Å². The minimum Gasteiger partial charge on any atom is -0.370 e. The summed E-state index contributed by atoms with van der Waals surface area (Å²) in [4.78, 5) is 0. The maximum Gasteiger partial charge on any atom is 0.124 e. The van der Waals surface area contributed by atoms with Gasteiger partial charge in [-0.15, -0.1) is 0 Å². The largest absolute Gasteiger partial charge is 0.370 e. The Kier molecular flexibility index (Phi) is 3.46. The molecule has 1 aliphatic rings. The quantitative estimate of drug-likeness (QED) is 0.677. The van der Waals surface area contributed by atoms with Gasteiger partial charge in [-0.25, -0.2) is 4.68 Å². The normalized spacial score (nSPS) is 20.2. The molecule has 90 valence electrons. The molecule has 1 aliphatic heterocycles. The highest BCUT2D eigenvalue weighted by atomic mass is 15.4. The first-order chi connectivity index (χ1) is 7.68. The van der Waals surface area contributed by atoms with Gasteiger partial charge in [0.1, 0.15) is 5.82 Å². The van der Waals surface area contributed by atoms with Gasteiger partial charge in [-0.2, -0.15) is 5.10 Å². The topological polar surface area (TPSA) is 67.9 Å². The summed E-state index contributed by atoms with van der Waals surface area (Å²) in [5.74, 6) is 1.56. The van der Waals surface area contributed by atoms with E-state index >= 15 is 0 Å². The number of aromatic nitrogens is 2. The third-order valence-corrected chi connectivity index (χ3v) is 3.28. The molecular formula is C11H21N5. The van der Waals surface area contributed by atoms with E-state index in [-0.39, 0.29) is 6.04 Å². The first-order valence-corrected chi connectivity index (χ1v) is 5.92. The molecule has 0 bridgehead atoms. The van der Waals surface area contributed by atoms with Crippen molar-refractivity contribution in [3.63, 3.8) is 0 Å². The van der Waals surface area contributed by atoms with Crippen LogP contribution in [0.2, 0.25) is 0 Å². The smallest absolute Gasteiger partial charge is 0.124 e. The Labute approximate surface area is 96.4 Å². The third kappa shape index (κ3) is 2.36. The molecule has 1 aromatic heterocycles. The van der Waals surface area contributed by atoms with Gasteiger partial charge in [0.2, 0.25) is 0 Å². The predicted octanol–water partition coefficient (Wildman–Crippen LogP) is 0.423. The molecule has 5 heteroatoms. The monoisotopic (exact) mass is 223 g/mol. The summed E-state index contributed by atoms with van der Waals surface area (Å²) in [6.07, 6.45) is 1.84. The Hall–Kier alpha value is -1.07. The summed E-state index contributed by atoms with van der Waals surface area (Å²) in [6, 6.07) is 2.74. The Morgan fingerprint density at radius 3 is 2.94 bits per heavy atom. The van der Waals surface area contributed by atoms with E-state index in [0.29, 0.717) is 12.0 Å². The molecule has 0 spiro atoms. The average Bonchev–Trinajstić information content (AvgIpc) is 2.59. The lowest BCUT2D eigenvalue weighted by molar-refractivity contribution is 0.321. The molecule has 1 fully saturated rings. The van der Waals surface area contributed by atoms with Gasteiger partial charge in [0.15, 0.2) is 0 Å². The maximum atomic E-state index is 5.84.